The van der Waals surface area contributed by atoms with Gasteiger partial charge in [0.05, 0.1) is 29.9 Å². The summed E-state index contributed by atoms with van der Waals surface area (Å²) in [6, 6.07) is 16.3. The van der Waals surface area contributed by atoms with Crippen molar-refractivity contribution in [3.05, 3.63) is 83.6 Å². The summed E-state index contributed by atoms with van der Waals surface area (Å²) in [6.07, 6.45) is 1.01. The molecule has 1 amide bonds. The lowest BCUT2D eigenvalue weighted by Gasteiger charge is -2.14. The average Bonchev–Trinajstić information content (AvgIpc) is 3.12. The van der Waals surface area contributed by atoms with Crippen LogP contribution >= 0.6 is 0 Å². The zero-order valence-corrected chi connectivity index (χ0v) is 18.7. The topological polar surface area (TPSA) is 118 Å². The molecule has 1 heterocycles. The van der Waals surface area contributed by atoms with Crippen LogP contribution in [0.5, 0.6) is 0 Å². The number of benzene rings is 3. The van der Waals surface area contributed by atoms with Crippen LogP contribution in [0.25, 0.3) is 27.7 Å². The number of nitriles is 1. The molecular formula is C24H18F2N4O3S. The summed E-state index contributed by atoms with van der Waals surface area (Å²) in [5.74, 6) is -2.26. The smallest absolute Gasteiger partial charge is 0.265 e. The van der Waals surface area contributed by atoms with E-state index in [0.29, 0.717) is 27.7 Å². The van der Waals surface area contributed by atoms with Crippen molar-refractivity contribution < 1.29 is 22.0 Å². The van der Waals surface area contributed by atoms with Crippen LogP contribution in [-0.2, 0) is 16.4 Å². The molecule has 0 saturated heterocycles. The minimum Gasteiger partial charge on any atom is -0.364 e. The van der Waals surface area contributed by atoms with Gasteiger partial charge >= 0.3 is 0 Å². The minimum absolute atomic E-state index is 0.00432. The SMILES string of the molecule is CS(=O)(=O)Nc1ccc2cc(C(N)=O)n(-c3cc(CC#N)cc(-c4ccc(F)cc4F)c3)c2c1. The van der Waals surface area contributed by atoms with E-state index >= 15 is 0 Å². The Hall–Kier alpha value is -4.23. The standard InChI is InChI=1S/C24H18F2N4O3S/c1-34(32,33)29-18-4-2-15-11-23(24(28)31)30(22(15)13-18)19-9-14(6-7-27)8-16(10-19)20-5-3-17(25)12-21(20)26/h2-5,8-13,29H,6H2,1H3,(H2,28,31). The van der Waals surface area contributed by atoms with E-state index in [2.05, 4.69) is 4.72 Å². The van der Waals surface area contributed by atoms with Gasteiger partial charge in [0.2, 0.25) is 10.0 Å². The molecule has 0 bridgehead atoms. The van der Waals surface area contributed by atoms with Crippen molar-refractivity contribution in [2.45, 2.75) is 6.42 Å². The lowest BCUT2D eigenvalue weighted by Crippen LogP contribution is -2.16. The van der Waals surface area contributed by atoms with Gasteiger partial charge in [0.15, 0.2) is 0 Å². The number of fused-ring (bicyclic) bond motifs is 1. The fourth-order valence-corrected chi connectivity index (χ4v) is 4.37. The summed E-state index contributed by atoms with van der Waals surface area (Å²) >= 11 is 0. The molecule has 0 saturated carbocycles. The highest BCUT2D eigenvalue weighted by molar-refractivity contribution is 7.92. The van der Waals surface area contributed by atoms with Crippen LogP contribution in [0.2, 0.25) is 0 Å². The molecule has 0 aliphatic rings. The summed E-state index contributed by atoms with van der Waals surface area (Å²) in [5, 5.41) is 9.84. The average molecular weight is 480 g/mol. The van der Waals surface area contributed by atoms with E-state index in [1.54, 1.807) is 36.4 Å². The van der Waals surface area contributed by atoms with E-state index in [1.165, 1.54) is 16.7 Å². The van der Waals surface area contributed by atoms with Crippen molar-refractivity contribution in [3.63, 3.8) is 0 Å². The van der Waals surface area contributed by atoms with Gasteiger partial charge in [0, 0.05) is 22.7 Å². The van der Waals surface area contributed by atoms with Crippen molar-refractivity contribution in [1.82, 2.24) is 4.57 Å². The summed E-state index contributed by atoms with van der Waals surface area (Å²) < 4.78 is 55.3. The van der Waals surface area contributed by atoms with Crippen LogP contribution < -0.4 is 10.5 Å². The van der Waals surface area contributed by atoms with E-state index in [1.807, 2.05) is 6.07 Å². The number of carbonyl (C=O) groups excluding carboxylic acids is 1. The lowest BCUT2D eigenvalue weighted by atomic mass is 10.00. The van der Waals surface area contributed by atoms with Crippen LogP contribution in [0.15, 0.2) is 60.7 Å². The third-order valence-corrected chi connectivity index (χ3v) is 5.73. The van der Waals surface area contributed by atoms with Gasteiger partial charge in [-0.25, -0.2) is 17.2 Å². The Balaban J connectivity index is 2.01. The Kier molecular flexibility index (Phi) is 5.81. The van der Waals surface area contributed by atoms with Gasteiger partial charge in [0.1, 0.15) is 17.3 Å². The molecule has 7 nitrogen and oxygen atoms in total. The Bertz CT molecular complexity index is 1600. The largest absolute Gasteiger partial charge is 0.364 e. The number of nitrogens with two attached hydrogens (primary N) is 1. The molecule has 0 fully saturated rings. The number of aromatic nitrogens is 1. The van der Waals surface area contributed by atoms with Crippen LogP contribution in [0.1, 0.15) is 16.1 Å². The molecule has 0 spiro atoms. The molecule has 10 heteroatoms. The first-order valence-corrected chi connectivity index (χ1v) is 11.8. The number of anilines is 1. The molecule has 3 aromatic carbocycles. The van der Waals surface area contributed by atoms with Gasteiger partial charge in [-0.3, -0.25) is 9.52 Å². The third kappa shape index (κ3) is 4.60. The number of sulfonamides is 1. The number of primary amides is 1. The van der Waals surface area contributed by atoms with Gasteiger partial charge in [-0.2, -0.15) is 5.26 Å². The monoisotopic (exact) mass is 480 g/mol. The predicted octanol–water partition coefficient (Wildman–Crippen LogP) is 4.11. The zero-order valence-electron chi connectivity index (χ0n) is 17.8. The number of hydrogen-bond donors (Lipinski definition) is 2. The Morgan fingerprint density at radius 2 is 1.85 bits per heavy atom. The maximum absolute atomic E-state index is 14.5. The van der Waals surface area contributed by atoms with Gasteiger partial charge in [-0.1, -0.05) is 6.07 Å². The number of amides is 1. The van der Waals surface area contributed by atoms with Gasteiger partial charge < -0.3 is 10.3 Å². The van der Waals surface area contributed by atoms with Crippen molar-refractivity contribution in [3.8, 4) is 22.9 Å². The first-order chi connectivity index (χ1) is 16.1. The van der Waals surface area contributed by atoms with Crippen molar-refractivity contribution in [2.75, 3.05) is 11.0 Å². The fraction of sp³-hybridized carbons (Fsp3) is 0.0833. The molecular weight excluding hydrogens is 462 g/mol. The molecule has 4 aromatic rings. The second-order valence-corrected chi connectivity index (χ2v) is 9.47. The van der Waals surface area contributed by atoms with Gasteiger partial charge in [0.25, 0.3) is 5.91 Å². The lowest BCUT2D eigenvalue weighted by molar-refractivity contribution is 0.0994. The summed E-state index contributed by atoms with van der Waals surface area (Å²) in [4.78, 5) is 12.3. The first kappa shape index (κ1) is 22.9. The van der Waals surface area contributed by atoms with Gasteiger partial charge in [-0.15, -0.1) is 0 Å². The van der Waals surface area contributed by atoms with Crippen molar-refractivity contribution >= 4 is 32.5 Å². The van der Waals surface area contributed by atoms with E-state index in [0.717, 1.165) is 18.4 Å². The maximum Gasteiger partial charge on any atom is 0.265 e. The van der Waals surface area contributed by atoms with Crippen LogP contribution in [-0.4, -0.2) is 25.1 Å². The highest BCUT2D eigenvalue weighted by Gasteiger charge is 2.18. The third-order valence-electron chi connectivity index (χ3n) is 5.12. The Labute approximate surface area is 194 Å². The van der Waals surface area contributed by atoms with Crippen LogP contribution in [0.3, 0.4) is 0 Å². The molecule has 172 valence electrons. The number of hydrogen-bond acceptors (Lipinski definition) is 4. The summed E-state index contributed by atoms with van der Waals surface area (Å²) in [5.41, 5.74) is 7.85. The van der Waals surface area contributed by atoms with Crippen molar-refractivity contribution in [1.29, 1.82) is 5.26 Å². The molecule has 0 radical (unpaired) electrons. The van der Waals surface area contributed by atoms with Gasteiger partial charge in [-0.05, 0) is 59.7 Å². The molecule has 0 aliphatic carbocycles. The molecule has 34 heavy (non-hydrogen) atoms. The van der Waals surface area contributed by atoms with E-state index in [4.69, 9.17) is 5.73 Å². The highest BCUT2D eigenvalue weighted by atomic mass is 32.2. The van der Waals surface area contributed by atoms with Crippen molar-refractivity contribution in [2.24, 2.45) is 5.73 Å². The normalized spacial score (nSPS) is 11.4. The quantitative estimate of drug-likeness (QED) is 0.432. The second-order valence-electron chi connectivity index (χ2n) is 7.72. The number of carbonyl (C=O) groups is 1. The molecule has 3 N–H and O–H groups in total. The maximum atomic E-state index is 14.5. The highest BCUT2D eigenvalue weighted by Crippen LogP contribution is 2.32. The summed E-state index contributed by atoms with van der Waals surface area (Å²) in [7, 11) is -3.56. The minimum atomic E-state index is -3.56. The number of rotatable bonds is 6. The Morgan fingerprint density at radius 3 is 2.50 bits per heavy atom. The molecule has 4 rings (SSSR count). The van der Waals surface area contributed by atoms with E-state index in [-0.39, 0.29) is 23.4 Å². The zero-order chi connectivity index (χ0) is 24.6. The van der Waals surface area contributed by atoms with E-state index < -0.39 is 27.6 Å². The molecule has 0 unspecified atom stereocenters. The molecule has 0 atom stereocenters. The van der Waals surface area contributed by atoms with Crippen LogP contribution in [0.4, 0.5) is 14.5 Å². The van der Waals surface area contributed by atoms with E-state index in [9.17, 15) is 27.3 Å². The fourth-order valence-electron chi connectivity index (χ4n) is 3.81. The molecule has 0 aliphatic heterocycles. The number of halogens is 2. The Morgan fingerprint density at radius 1 is 1.09 bits per heavy atom. The number of nitrogens with one attached hydrogen (secondary N) is 1. The second kappa shape index (κ2) is 8.61. The summed E-state index contributed by atoms with van der Waals surface area (Å²) in [6.45, 7) is 0. The van der Waals surface area contributed by atoms with Crippen LogP contribution in [0, 0.1) is 23.0 Å². The predicted molar refractivity (Wildman–Crippen MR) is 125 cm³/mol. The number of nitrogens with zero attached hydrogens (tertiary/aromatic N) is 2. The molecule has 1 aromatic heterocycles. The first-order valence-electron chi connectivity index (χ1n) is 9.95.